The first-order valence-corrected chi connectivity index (χ1v) is 8.80. The fourth-order valence-electron chi connectivity index (χ4n) is 2.97. The molecule has 1 fully saturated rings. The molecule has 3 rings (SSSR count). The van der Waals surface area contributed by atoms with E-state index in [1.807, 2.05) is 12.4 Å². The molecule has 0 amide bonds. The zero-order valence-electron chi connectivity index (χ0n) is 12.7. The van der Waals surface area contributed by atoms with Gasteiger partial charge in [0.1, 0.15) is 0 Å². The Labute approximate surface area is 145 Å². The van der Waals surface area contributed by atoms with Crippen LogP contribution in [0.5, 0.6) is 0 Å². The van der Waals surface area contributed by atoms with Gasteiger partial charge in [0.15, 0.2) is 0 Å². The first kappa shape index (κ1) is 15.7. The fourth-order valence-corrected chi connectivity index (χ4v) is 3.25. The van der Waals surface area contributed by atoms with Crippen LogP contribution in [0.2, 0.25) is 0 Å². The molecule has 1 saturated heterocycles. The number of hydrogen-bond donors (Lipinski definition) is 1. The minimum atomic E-state index is 0.460. The second kappa shape index (κ2) is 7.37. The van der Waals surface area contributed by atoms with Crippen molar-refractivity contribution in [3.8, 4) is 0 Å². The molecule has 4 nitrogen and oxygen atoms in total. The third-order valence-electron chi connectivity index (χ3n) is 4.20. The topological polar surface area (TPSA) is 41.1 Å². The van der Waals surface area contributed by atoms with Crippen molar-refractivity contribution in [3.63, 3.8) is 0 Å². The molecule has 0 bridgehead atoms. The number of aromatic nitrogens is 2. The summed E-state index contributed by atoms with van der Waals surface area (Å²) in [5, 5.41) is 3.47. The number of anilines is 1. The van der Waals surface area contributed by atoms with Crippen molar-refractivity contribution in [2.45, 2.75) is 38.4 Å². The van der Waals surface area contributed by atoms with E-state index >= 15 is 0 Å². The van der Waals surface area contributed by atoms with Crippen LogP contribution in [0.3, 0.4) is 0 Å². The molecular weight excluding hydrogens is 387 g/mol. The molecule has 1 aliphatic rings. The molecule has 2 heterocycles. The van der Waals surface area contributed by atoms with Crippen molar-refractivity contribution in [1.29, 1.82) is 0 Å². The van der Waals surface area contributed by atoms with E-state index in [9.17, 15) is 0 Å². The molecule has 1 aromatic heterocycles. The number of benzene rings is 1. The van der Waals surface area contributed by atoms with Crippen molar-refractivity contribution in [1.82, 2.24) is 14.9 Å². The van der Waals surface area contributed by atoms with Crippen LogP contribution in [0.25, 0.3) is 0 Å². The van der Waals surface area contributed by atoms with Crippen LogP contribution < -0.4 is 5.32 Å². The molecule has 1 aromatic carbocycles. The van der Waals surface area contributed by atoms with Crippen LogP contribution in [0.15, 0.2) is 42.7 Å². The predicted molar refractivity (Wildman–Crippen MR) is 97.7 cm³/mol. The molecule has 22 heavy (non-hydrogen) atoms. The van der Waals surface area contributed by atoms with Crippen molar-refractivity contribution in [3.05, 3.63) is 51.9 Å². The highest BCUT2D eigenvalue weighted by atomic mass is 127. The third kappa shape index (κ3) is 4.16. The highest BCUT2D eigenvalue weighted by Gasteiger charge is 2.25. The Morgan fingerprint density at radius 3 is 2.64 bits per heavy atom. The van der Waals surface area contributed by atoms with E-state index in [1.54, 1.807) is 0 Å². The smallest absolute Gasteiger partial charge is 0.222 e. The second-order valence-corrected chi connectivity index (χ2v) is 7.14. The quantitative estimate of drug-likeness (QED) is 0.786. The van der Waals surface area contributed by atoms with Gasteiger partial charge >= 0.3 is 0 Å². The van der Waals surface area contributed by atoms with Crippen molar-refractivity contribution < 1.29 is 0 Å². The first-order chi connectivity index (χ1) is 10.7. The average molecular weight is 408 g/mol. The largest absolute Gasteiger partial charge is 0.351 e. The monoisotopic (exact) mass is 408 g/mol. The number of halogens is 1. The highest BCUT2D eigenvalue weighted by molar-refractivity contribution is 14.1. The van der Waals surface area contributed by atoms with Crippen LogP contribution >= 0.6 is 22.6 Å². The molecule has 1 aliphatic heterocycles. The Hall–Kier alpha value is -1.21. The van der Waals surface area contributed by atoms with E-state index in [0.29, 0.717) is 12.1 Å². The maximum atomic E-state index is 4.34. The molecular formula is C17H21IN4. The van der Waals surface area contributed by atoms with E-state index in [-0.39, 0.29) is 0 Å². The number of likely N-dealkylation sites (tertiary alicyclic amines) is 1. The molecule has 0 radical (unpaired) electrons. The van der Waals surface area contributed by atoms with E-state index in [1.165, 1.54) is 5.56 Å². The molecule has 0 aliphatic carbocycles. The third-order valence-corrected chi connectivity index (χ3v) is 4.75. The minimum absolute atomic E-state index is 0.460. The lowest BCUT2D eigenvalue weighted by Crippen LogP contribution is -2.44. The fraction of sp³-hybridized carbons (Fsp3) is 0.412. The van der Waals surface area contributed by atoms with E-state index < -0.39 is 0 Å². The Morgan fingerprint density at radius 2 is 1.95 bits per heavy atom. The van der Waals surface area contributed by atoms with Gasteiger partial charge in [0, 0.05) is 41.1 Å². The SMILES string of the molecule is CC1CC(Nc2ncc(I)cn2)CCN1Cc1ccccc1. The maximum Gasteiger partial charge on any atom is 0.222 e. The number of piperidine rings is 1. The maximum absolute atomic E-state index is 4.34. The zero-order chi connectivity index (χ0) is 15.4. The van der Waals surface area contributed by atoms with E-state index in [2.05, 4.69) is 80.0 Å². The van der Waals surface area contributed by atoms with Gasteiger partial charge in [-0.15, -0.1) is 0 Å². The molecule has 0 saturated carbocycles. The Bertz CT molecular complexity index is 587. The number of rotatable bonds is 4. The van der Waals surface area contributed by atoms with Gasteiger partial charge in [-0.25, -0.2) is 9.97 Å². The summed E-state index contributed by atoms with van der Waals surface area (Å²) in [6.45, 7) is 4.46. The Morgan fingerprint density at radius 1 is 1.23 bits per heavy atom. The van der Waals surface area contributed by atoms with Crippen molar-refractivity contribution in [2.75, 3.05) is 11.9 Å². The molecule has 0 spiro atoms. The molecule has 5 heteroatoms. The molecule has 2 aromatic rings. The van der Waals surface area contributed by atoms with Gasteiger partial charge in [0.2, 0.25) is 5.95 Å². The summed E-state index contributed by atoms with van der Waals surface area (Å²) >= 11 is 2.22. The molecule has 1 N–H and O–H groups in total. The lowest BCUT2D eigenvalue weighted by molar-refractivity contribution is 0.144. The van der Waals surface area contributed by atoms with Gasteiger partial charge in [0.05, 0.1) is 0 Å². The summed E-state index contributed by atoms with van der Waals surface area (Å²) in [6.07, 6.45) is 5.96. The second-order valence-electron chi connectivity index (χ2n) is 5.90. The van der Waals surface area contributed by atoms with E-state index in [0.717, 1.165) is 35.4 Å². The zero-order valence-corrected chi connectivity index (χ0v) is 14.9. The number of hydrogen-bond acceptors (Lipinski definition) is 4. The van der Waals surface area contributed by atoms with Crippen LogP contribution in [-0.4, -0.2) is 33.5 Å². The summed E-state index contributed by atoms with van der Waals surface area (Å²) in [6, 6.07) is 11.7. The van der Waals surface area contributed by atoms with Gasteiger partial charge < -0.3 is 5.32 Å². The van der Waals surface area contributed by atoms with Gasteiger partial charge in [0.25, 0.3) is 0 Å². The normalized spacial score (nSPS) is 22.5. The van der Waals surface area contributed by atoms with Crippen LogP contribution in [0, 0.1) is 3.57 Å². The lowest BCUT2D eigenvalue weighted by atomic mass is 9.97. The standard InChI is InChI=1S/C17H21IN4/c1-13-9-16(21-17-19-10-15(18)11-20-17)7-8-22(13)12-14-5-3-2-4-6-14/h2-6,10-11,13,16H,7-9,12H2,1H3,(H,19,20,21). The lowest BCUT2D eigenvalue weighted by Gasteiger charge is -2.38. The van der Waals surface area contributed by atoms with E-state index in [4.69, 9.17) is 0 Å². The van der Waals surface area contributed by atoms with Crippen molar-refractivity contribution >= 4 is 28.5 Å². The first-order valence-electron chi connectivity index (χ1n) is 7.73. The molecule has 2 unspecified atom stereocenters. The van der Waals surface area contributed by atoms with Gasteiger partial charge in [-0.05, 0) is 47.9 Å². The Balaban J connectivity index is 1.54. The Kier molecular flexibility index (Phi) is 5.25. The van der Waals surface area contributed by atoms with Crippen LogP contribution in [-0.2, 0) is 6.54 Å². The van der Waals surface area contributed by atoms with Gasteiger partial charge in [-0.3, -0.25) is 4.90 Å². The molecule has 116 valence electrons. The summed E-state index contributed by atoms with van der Waals surface area (Å²) in [5.41, 5.74) is 1.39. The van der Waals surface area contributed by atoms with Crippen LogP contribution in [0.1, 0.15) is 25.3 Å². The highest BCUT2D eigenvalue weighted by Crippen LogP contribution is 2.21. The summed E-state index contributed by atoms with van der Waals surface area (Å²) in [7, 11) is 0. The van der Waals surface area contributed by atoms with Gasteiger partial charge in [-0.1, -0.05) is 30.3 Å². The van der Waals surface area contributed by atoms with Gasteiger partial charge in [-0.2, -0.15) is 0 Å². The predicted octanol–water partition coefficient (Wildman–Crippen LogP) is 3.55. The minimum Gasteiger partial charge on any atom is -0.351 e. The van der Waals surface area contributed by atoms with Crippen molar-refractivity contribution in [2.24, 2.45) is 0 Å². The summed E-state index contributed by atoms with van der Waals surface area (Å²) in [4.78, 5) is 11.2. The van der Waals surface area contributed by atoms with Crippen LogP contribution in [0.4, 0.5) is 5.95 Å². The summed E-state index contributed by atoms with van der Waals surface area (Å²) < 4.78 is 1.06. The number of nitrogens with one attached hydrogen (secondary N) is 1. The summed E-state index contributed by atoms with van der Waals surface area (Å²) in [5.74, 6) is 0.745. The number of nitrogens with zero attached hydrogens (tertiary/aromatic N) is 3. The molecule has 2 atom stereocenters. The average Bonchev–Trinajstić information content (AvgIpc) is 2.53.